The summed E-state index contributed by atoms with van der Waals surface area (Å²) in [4.78, 5) is 23.7. The number of nitrogens with two attached hydrogens (primary N) is 1. The molecule has 1 aliphatic rings. The van der Waals surface area contributed by atoms with Gasteiger partial charge < -0.3 is 11.1 Å². The number of hydrogen-bond donors (Lipinski definition) is 2. The van der Waals surface area contributed by atoms with Gasteiger partial charge in [0, 0.05) is 12.1 Å². The lowest BCUT2D eigenvalue weighted by Crippen LogP contribution is -2.34. The number of benzene rings is 2. The Kier molecular flexibility index (Phi) is 3.86. The molecule has 2 aromatic carbocycles. The Morgan fingerprint density at radius 2 is 1.83 bits per heavy atom. The summed E-state index contributed by atoms with van der Waals surface area (Å²) in [5, 5.41) is 2.90. The molecular weight excluding hydrogens is 295 g/mol. The molecule has 3 rings (SSSR count). The minimum absolute atomic E-state index is 0.0754. The first kappa shape index (κ1) is 15.2. The highest BCUT2D eigenvalue weighted by atomic mass is 19.1. The molecule has 0 aromatic heterocycles. The van der Waals surface area contributed by atoms with Crippen LogP contribution in [-0.2, 0) is 16.8 Å². The van der Waals surface area contributed by atoms with Gasteiger partial charge in [-0.1, -0.05) is 24.3 Å². The van der Waals surface area contributed by atoms with Crippen LogP contribution in [0.1, 0.15) is 34.3 Å². The molecule has 2 amide bonds. The molecule has 1 fully saturated rings. The van der Waals surface area contributed by atoms with Gasteiger partial charge in [0.15, 0.2) is 0 Å². The maximum absolute atomic E-state index is 13.0. The predicted octanol–water partition coefficient (Wildman–Crippen LogP) is 2.27. The second kappa shape index (κ2) is 5.83. The maximum atomic E-state index is 13.0. The molecule has 0 heterocycles. The Balaban J connectivity index is 1.69. The standard InChI is InChI=1S/C18H17FN2O2/c19-15-6-4-14(5-7-15)18(8-9-18)17(23)21-11-12-2-1-3-13(10-12)16(20)22/h1-7,10H,8-9,11H2,(H2,20,22)(H,21,23). The molecule has 118 valence electrons. The van der Waals surface area contributed by atoms with Gasteiger partial charge in [0.25, 0.3) is 0 Å². The average Bonchev–Trinajstić information content (AvgIpc) is 3.35. The van der Waals surface area contributed by atoms with E-state index in [0.717, 1.165) is 24.0 Å². The molecule has 5 heteroatoms. The Bertz CT molecular complexity index is 752. The maximum Gasteiger partial charge on any atom is 0.248 e. The molecule has 4 nitrogen and oxygen atoms in total. The minimum Gasteiger partial charge on any atom is -0.366 e. The number of rotatable bonds is 5. The van der Waals surface area contributed by atoms with Crippen LogP contribution in [-0.4, -0.2) is 11.8 Å². The number of amides is 2. The monoisotopic (exact) mass is 312 g/mol. The van der Waals surface area contributed by atoms with Crippen LogP contribution in [0.15, 0.2) is 48.5 Å². The summed E-state index contributed by atoms with van der Waals surface area (Å²) >= 11 is 0. The summed E-state index contributed by atoms with van der Waals surface area (Å²) in [5.74, 6) is -0.884. The second-order valence-electron chi connectivity index (χ2n) is 5.84. The van der Waals surface area contributed by atoms with Crippen molar-refractivity contribution in [3.63, 3.8) is 0 Å². The van der Waals surface area contributed by atoms with Gasteiger partial charge >= 0.3 is 0 Å². The molecule has 0 saturated heterocycles. The molecule has 0 bridgehead atoms. The first-order valence-electron chi connectivity index (χ1n) is 7.44. The van der Waals surface area contributed by atoms with Crippen LogP contribution in [0.25, 0.3) is 0 Å². The number of halogens is 1. The minimum atomic E-state index is -0.547. The third kappa shape index (κ3) is 3.08. The zero-order chi connectivity index (χ0) is 16.4. The SMILES string of the molecule is NC(=O)c1cccc(CNC(=O)C2(c3ccc(F)cc3)CC2)c1. The van der Waals surface area contributed by atoms with E-state index in [1.54, 1.807) is 30.3 Å². The van der Waals surface area contributed by atoms with Gasteiger partial charge in [-0.15, -0.1) is 0 Å². The largest absolute Gasteiger partial charge is 0.366 e. The van der Waals surface area contributed by atoms with Crippen molar-refractivity contribution < 1.29 is 14.0 Å². The fraction of sp³-hybridized carbons (Fsp3) is 0.222. The summed E-state index contributed by atoms with van der Waals surface area (Å²) in [5.41, 5.74) is 6.76. The van der Waals surface area contributed by atoms with E-state index >= 15 is 0 Å². The lowest BCUT2D eigenvalue weighted by Gasteiger charge is -2.16. The molecule has 0 atom stereocenters. The Hall–Kier alpha value is -2.69. The number of carbonyl (C=O) groups excluding carboxylic acids is 2. The van der Waals surface area contributed by atoms with Crippen LogP contribution >= 0.6 is 0 Å². The summed E-state index contributed by atoms with van der Waals surface area (Å²) in [6, 6.07) is 12.9. The normalized spacial score (nSPS) is 15.0. The molecule has 1 aliphatic carbocycles. The zero-order valence-electron chi connectivity index (χ0n) is 12.5. The molecule has 23 heavy (non-hydrogen) atoms. The van der Waals surface area contributed by atoms with Crippen molar-refractivity contribution in [2.75, 3.05) is 0 Å². The van der Waals surface area contributed by atoms with Crippen molar-refractivity contribution in [2.24, 2.45) is 5.73 Å². The first-order valence-corrected chi connectivity index (χ1v) is 7.44. The van der Waals surface area contributed by atoms with Gasteiger partial charge in [0.1, 0.15) is 5.82 Å². The summed E-state index contributed by atoms with van der Waals surface area (Å²) in [7, 11) is 0. The quantitative estimate of drug-likeness (QED) is 0.889. The second-order valence-corrected chi connectivity index (χ2v) is 5.84. The third-order valence-electron chi connectivity index (χ3n) is 4.25. The van der Waals surface area contributed by atoms with E-state index in [9.17, 15) is 14.0 Å². The van der Waals surface area contributed by atoms with Crippen LogP contribution in [0.2, 0.25) is 0 Å². The smallest absolute Gasteiger partial charge is 0.248 e. The number of nitrogens with one attached hydrogen (secondary N) is 1. The van der Waals surface area contributed by atoms with Gasteiger partial charge in [-0.2, -0.15) is 0 Å². The molecule has 1 saturated carbocycles. The van der Waals surface area contributed by atoms with Crippen molar-refractivity contribution in [1.29, 1.82) is 0 Å². The van der Waals surface area contributed by atoms with Crippen molar-refractivity contribution in [3.8, 4) is 0 Å². The Labute approximate surface area is 133 Å². The molecule has 3 N–H and O–H groups in total. The van der Waals surface area contributed by atoms with Gasteiger partial charge in [-0.05, 0) is 48.2 Å². The average molecular weight is 312 g/mol. The fourth-order valence-electron chi connectivity index (χ4n) is 2.73. The number of carbonyl (C=O) groups is 2. The van der Waals surface area contributed by atoms with Crippen molar-refractivity contribution >= 4 is 11.8 Å². The van der Waals surface area contributed by atoms with Crippen LogP contribution < -0.4 is 11.1 Å². The van der Waals surface area contributed by atoms with Crippen molar-refractivity contribution in [3.05, 3.63) is 71.0 Å². The van der Waals surface area contributed by atoms with E-state index in [0.29, 0.717) is 12.1 Å². The molecule has 2 aromatic rings. The van der Waals surface area contributed by atoms with Crippen LogP contribution in [0, 0.1) is 5.82 Å². The number of primary amides is 1. The van der Waals surface area contributed by atoms with Gasteiger partial charge in [0.05, 0.1) is 5.41 Å². The summed E-state index contributed by atoms with van der Waals surface area (Å²) in [6.45, 7) is 0.322. The molecule has 0 spiro atoms. The van der Waals surface area contributed by atoms with E-state index in [1.807, 2.05) is 6.07 Å². The molecular formula is C18H17FN2O2. The van der Waals surface area contributed by atoms with Gasteiger partial charge in [-0.25, -0.2) is 4.39 Å². The lowest BCUT2D eigenvalue weighted by molar-refractivity contribution is -0.123. The van der Waals surface area contributed by atoms with E-state index in [4.69, 9.17) is 5.73 Å². The van der Waals surface area contributed by atoms with E-state index in [-0.39, 0.29) is 11.7 Å². The topological polar surface area (TPSA) is 72.2 Å². The highest BCUT2D eigenvalue weighted by Gasteiger charge is 2.51. The molecule has 0 unspecified atom stereocenters. The summed E-state index contributed by atoms with van der Waals surface area (Å²) < 4.78 is 13.0. The van der Waals surface area contributed by atoms with Crippen molar-refractivity contribution in [1.82, 2.24) is 5.32 Å². The van der Waals surface area contributed by atoms with E-state index in [2.05, 4.69) is 5.32 Å². The highest BCUT2D eigenvalue weighted by Crippen LogP contribution is 2.48. The van der Waals surface area contributed by atoms with E-state index < -0.39 is 11.3 Å². The van der Waals surface area contributed by atoms with Crippen LogP contribution in [0.5, 0.6) is 0 Å². The Morgan fingerprint density at radius 1 is 1.13 bits per heavy atom. The third-order valence-corrected chi connectivity index (χ3v) is 4.25. The Morgan fingerprint density at radius 3 is 2.43 bits per heavy atom. The fourth-order valence-corrected chi connectivity index (χ4v) is 2.73. The first-order chi connectivity index (χ1) is 11.0. The highest BCUT2D eigenvalue weighted by molar-refractivity contribution is 5.93. The van der Waals surface area contributed by atoms with E-state index in [1.165, 1.54) is 12.1 Å². The zero-order valence-corrected chi connectivity index (χ0v) is 12.5. The molecule has 0 aliphatic heterocycles. The predicted molar refractivity (Wildman–Crippen MR) is 84.1 cm³/mol. The van der Waals surface area contributed by atoms with Gasteiger partial charge in [-0.3, -0.25) is 9.59 Å². The molecule has 0 radical (unpaired) electrons. The van der Waals surface area contributed by atoms with Crippen LogP contribution in [0.3, 0.4) is 0 Å². The summed E-state index contributed by atoms with van der Waals surface area (Å²) in [6.07, 6.45) is 1.51. The van der Waals surface area contributed by atoms with Crippen molar-refractivity contribution in [2.45, 2.75) is 24.8 Å². The lowest BCUT2D eigenvalue weighted by atomic mass is 9.95. The number of hydrogen-bond acceptors (Lipinski definition) is 2. The van der Waals surface area contributed by atoms with Gasteiger partial charge in [0.2, 0.25) is 11.8 Å². The van der Waals surface area contributed by atoms with Crippen LogP contribution in [0.4, 0.5) is 4.39 Å².